The number of rotatable bonds is 6. The molecular weight excluding hydrogens is 299 g/mol. The second-order valence-corrected chi connectivity index (χ2v) is 5.36. The quantitative estimate of drug-likeness (QED) is 0.877. The third-order valence-electron chi connectivity index (χ3n) is 2.92. The number of aliphatic hydroxyl groups is 1. The van der Waals surface area contributed by atoms with Gasteiger partial charge in [0, 0.05) is 12.6 Å². The Bertz CT molecular complexity index is 484. The van der Waals surface area contributed by atoms with E-state index < -0.39 is 12.5 Å². The van der Waals surface area contributed by atoms with Gasteiger partial charge in [-0.05, 0) is 38.5 Å². The molecule has 0 aromatic heterocycles. The fraction of sp³-hybridized carbons (Fsp3) is 0.533. The highest BCUT2D eigenvalue weighted by molar-refractivity contribution is 5.79. The molecule has 0 aliphatic carbocycles. The molecule has 1 aromatic rings. The Morgan fingerprint density at radius 1 is 1.23 bits per heavy atom. The van der Waals surface area contributed by atoms with Crippen molar-refractivity contribution < 1.29 is 27.8 Å². The van der Waals surface area contributed by atoms with Crippen molar-refractivity contribution in [3.63, 3.8) is 0 Å². The lowest BCUT2D eigenvalue weighted by Crippen LogP contribution is -2.42. The Morgan fingerprint density at radius 2 is 1.77 bits per heavy atom. The van der Waals surface area contributed by atoms with Gasteiger partial charge in [0.1, 0.15) is 5.75 Å². The fourth-order valence-corrected chi connectivity index (χ4v) is 1.97. The predicted molar refractivity (Wildman–Crippen MR) is 75.4 cm³/mol. The van der Waals surface area contributed by atoms with E-state index >= 15 is 0 Å². The van der Waals surface area contributed by atoms with Gasteiger partial charge >= 0.3 is 6.36 Å². The first-order chi connectivity index (χ1) is 10.1. The first kappa shape index (κ1) is 18.3. The molecule has 1 aromatic carbocycles. The molecule has 4 nitrogen and oxygen atoms in total. The molecule has 124 valence electrons. The molecule has 1 N–H and O–H groups in total. The molecule has 0 bridgehead atoms. The molecule has 1 rings (SSSR count). The van der Waals surface area contributed by atoms with Gasteiger partial charge in [-0.25, -0.2) is 0 Å². The van der Waals surface area contributed by atoms with E-state index in [0.29, 0.717) is 5.56 Å². The normalized spacial score (nSPS) is 13.1. The number of carbonyl (C=O) groups excluding carboxylic acids is 1. The molecule has 1 unspecified atom stereocenters. The topological polar surface area (TPSA) is 49.8 Å². The van der Waals surface area contributed by atoms with E-state index in [1.807, 2.05) is 13.8 Å². The summed E-state index contributed by atoms with van der Waals surface area (Å²) in [7, 11) is 0. The summed E-state index contributed by atoms with van der Waals surface area (Å²) in [6, 6.07) is 5.10. The van der Waals surface area contributed by atoms with Gasteiger partial charge in [0.15, 0.2) is 0 Å². The number of hydrogen-bond acceptors (Lipinski definition) is 3. The minimum atomic E-state index is -4.73. The van der Waals surface area contributed by atoms with Crippen LogP contribution in [0.3, 0.4) is 0 Å². The number of ether oxygens (including phenoxy) is 1. The van der Waals surface area contributed by atoms with E-state index in [-0.39, 0.29) is 30.7 Å². The first-order valence-electron chi connectivity index (χ1n) is 6.90. The Balaban J connectivity index is 2.71. The van der Waals surface area contributed by atoms with Crippen LogP contribution in [0.1, 0.15) is 26.3 Å². The minimum absolute atomic E-state index is 0.0528. The molecule has 0 heterocycles. The van der Waals surface area contributed by atoms with E-state index in [9.17, 15) is 23.1 Å². The summed E-state index contributed by atoms with van der Waals surface area (Å²) < 4.78 is 40.0. The largest absolute Gasteiger partial charge is 0.573 e. The summed E-state index contributed by atoms with van der Waals surface area (Å²) in [5.41, 5.74) is 0.579. The molecule has 0 aliphatic heterocycles. The van der Waals surface area contributed by atoms with Gasteiger partial charge in [-0.2, -0.15) is 0 Å². The first-order valence-corrected chi connectivity index (χ1v) is 6.90. The summed E-state index contributed by atoms with van der Waals surface area (Å²) in [5, 5.41) is 9.41. The maximum Gasteiger partial charge on any atom is 0.573 e. The molecule has 7 heteroatoms. The summed E-state index contributed by atoms with van der Waals surface area (Å²) in [6.45, 7) is 5.47. The zero-order valence-electron chi connectivity index (χ0n) is 12.7. The smallest absolute Gasteiger partial charge is 0.406 e. The zero-order valence-corrected chi connectivity index (χ0v) is 12.7. The van der Waals surface area contributed by atoms with E-state index in [2.05, 4.69) is 4.74 Å². The van der Waals surface area contributed by atoms with Gasteiger partial charge in [-0.1, -0.05) is 12.1 Å². The Kier molecular flexibility index (Phi) is 6.22. The molecule has 0 spiro atoms. The van der Waals surface area contributed by atoms with Gasteiger partial charge < -0.3 is 14.7 Å². The summed E-state index contributed by atoms with van der Waals surface area (Å²) in [6.07, 6.45) is -5.32. The summed E-state index contributed by atoms with van der Waals surface area (Å²) >= 11 is 0. The Morgan fingerprint density at radius 3 is 2.18 bits per heavy atom. The second kappa shape index (κ2) is 7.49. The number of benzene rings is 1. The highest BCUT2D eigenvalue weighted by atomic mass is 19.4. The number of halogens is 3. The van der Waals surface area contributed by atoms with Crippen LogP contribution in [0.2, 0.25) is 0 Å². The average molecular weight is 319 g/mol. The average Bonchev–Trinajstić information content (AvgIpc) is 2.36. The number of alkyl halides is 3. The molecule has 1 atom stereocenters. The van der Waals surface area contributed by atoms with Crippen molar-refractivity contribution in [2.45, 2.75) is 45.7 Å². The number of carbonyl (C=O) groups is 1. The Labute approximate surface area is 127 Å². The number of amides is 1. The molecule has 1 amide bonds. The fourth-order valence-electron chi connectivity index (χ4n) is 1.97. The van der Waals surface area contributed by atoms with Gasteiger partial charge in [0.2, 0.25) is 5.91 Å². The van der Waals surface area contributed by atoms with Gasteiger partial charge in [-0.3, -0.25) is 4.79 Å². The maximum atomic E-state index is 12.2. The van der Waals surface area contributed by atoms with Crippen LogP contribution in [-0.2, 0) is 11.2 Å². The number of aliphatic hydroxyl groups excluding tert-OH is 1. The molecule has 0 radical (unpaired) electrons. The predicted octanol–water partition coefficient (Wildman–Crippen LogP) is 2.75. The zero-order chi connectivity index (χ0) is 16.9. The van der Waals surface area contributed by atoms with E-state index in [1.165, 1.54) is 29.2 Å². The van der Waals surface area contributed by atoms with E-state index in [1.54, 1.807) is 6.92 Å². The van der Waals surface area contributed by atoms with E-state index in [4.69, 9.17) is 0 Å². The maximum absolute atomic E-state index is 12.2. The highest BCUT2D eigenvalue weighted by Crippen LogP contribution is 2.23. The molecule has 0 fully saturated rings. The molecule has 0 saturated carbocycles. The standard InChI is InChI=1S/C15H20F3NO3/c1-10(2)19(9-11(3)20)14(21)8-12-4-6-13(7-5-12)22-15(16,17)18/h4-7,10-11,20H,8-9H2,1-3H3. The van der Waals surface area contributed by atoms with Crippen LogP contribution in [-0.4, -0.2) is 41.0 Å². The molecule has 0 aliphatic rings. The lowest BCUT2D eigenvalue weighted by Gasteiger charge is -2.28. The lowest BCUT2D eigenvalue weighted by atomic mass is 10.1. The highest BCUT2D eigenvalue weighted by Gasteiger charge is 2.31. The molecule has 22 heavy (non-hydrogen) atoms. The monoisotopic (exact) mass is 319 g/mol. The Hall–Kier alpha value is -1.76. The summed E-state index contributed by atoms with van der Waals surface area (Å²) in [4.78, 5) is 13.7. The number of nitrogens with zero attached hydrogens (tertiary/aromatic N) is 1. The number of hydrogen-bond donors (Lipinski definition) is 1. The van der Waals surface area contributed by atoms with Crippen LogP contribution in [0.5, 0.6) is 5.75 Å². The van der Waals surface area contributed by atoms with Crippen molar-refractivity contribution in [3.05, 3.63) is 29.8 Å². The van der Waals surface area contributed by atoms with Crippen molar-refractivity contribution in [1.82, 2.24) is 4.90 Å². The van der Waals surface area contributed by atoms with E-state index in [0.717, 1.165) is 0 Å². The third kappa shape index (κ3) is 6.34. The van der Waals surface area contributed by atoms with Crippen LogP contribution in [0.4, 0.5) is 13.2 Å². The second-order valence-electron chi connectivity index (χ2n) is 5.36. The van der Waals surface area contributed by atoms with Crippen LogP contribution in [0.15, 0.2) is 24.3 Å². The minimum Gasteiger partial charge on any atom is -0.406 e. The van der Waals surface area contributed by atoms with Crippen LogP contribution in [0, 0.1) is 0 Å². The SMILES string of the molecule is CC(O)CN(C(=O)Cc1ccc(OC(F)(F)F)cc1)C(C)C. The third-order valence-corrected chi connectivity index (χ3v) is 2.92. The van der Waals surface area contributed by atoms with Crippen molar-refractivity contribution in [2.24, 2.45) is 0 Å². The van der Waals surface area contributed by atoms with Gasteiger partial charge in [0.25, 0.3) is 0 Å². The lowest BCUT2D eigenvalue weighted by molar-refractivity contribution is -0.274. The van der Waals surface area contributed by atoms with Crippen LogP contribution < -0.4 is 4.74 Å². The van der Waals surface area contributed by atoms with Crippen molar-refractivity contribution in [3.8, 4) is 5.75 Å². The van der Waals surface area contributed by atoms with Crippen molar-refractivity contribution in [1.29, 1.82) is 0 Å². The molecular formula is C15H20F3NO3. The van der Waals surface area contributed by atoms with Gasteiger partial charge in [0.05, 0.1) is 12.5 Å². The van der Waals surface area contributed by atoms with Crippen LogP contribution in [0.25, 0.3) is 0 Å². The van der Waals surface area contributed by atoms with Gasteiger partial charge in [-0.15, -0.1) is 13.2 Å². The van der Waals surface area contributed by atoms with Crippen molar-refractivity contribution in [2.75, 3.05) is 6.54 Å². The van der Waals surface area contributed by atoms with Crippen molar-refractivity contribution >= 4 is 5.91 Å². The van der Waals surface area contributed by atoms with Crippen LogP contribution >= 0.6 is 0 Å². The summed E-state index contributed by atoms with van der Waals surface area (Å²) in [5.74, 6) is -0.520. The molecule has 0 saturated heterocycles.